The Kier molecular flexibility index (Phi) is 4.65. The highest BCUT2D eigenvalue weighted by Crippen LogP contribution is 2.64. The predicted octanol–water partition coefficient (Wildman–Crippen LogP) is 4.92. The molecule has 0 aromatic heterocycles. The molecule has 0 heterocycles. The van der Waals surface area contributed by atoms with E-state index in [1.807, 2.05) is 6.08 Å². The molecule has 4 aliphatic carbocycles. The summed E-state index contributed by atoms with van der Waals surface area (Å²) in [5.74, 6) is 3.65. The van der Waals surface area contributed by atoms with Crippen LogP contribution in [-0.4, -0.2) is 25.2 Å². The van der Waals surface area contributed by atoms with Gasteiger partial charge in [-0.1, -0.05) is 25.8 Å². The standard InChI is InChI=1S/C22H32O4/c1-4-13-11-14-12-15(23)5-6-16(14)17-9-10-22(2)18(20(13)17)7-8-19(22)26-21(24)25-3/h12-13,16-20H,4-11H2,1-3H3/t13-,16?,17?,18?,19-,20?,22-/m0/s1. The lowest BCUT2D eigenvalue weighted by Gasteiger charge is -2.56. The molecule has 0 saturated heterocycles. The van der Waals surface area contributed by atoms with Gasteiger partial charge in [0.2, 0.25) is 0 Å². The zero-order valence-corrected chi connectivity index (χ0v) is 16.3. The molecule has 0 spiro atoms. The quantitative estimate of drug-likeness (QED) is 0.656. The van der Waals surface area contributed by atoms with Gasteiger partial charge in [0.1, 0.15) is 6.10 Å². The molecule has 4 heteroatoms. The van der Waals surface area contributed by atoms with Crippen molar-refractivity contribution in [2.24, 2.45) is 35.0 Å². The molecular formula is C22H32O4. The van der Waals surface area contributed by atoms with Crippen molar-refractivity contribution in [1.29, 1.82) is 0 Å². The molecule has 4 rings (SSSR count). The molecule has 0 N–H and O–H groups in total. The third-order valence-corrected chi connectivity index (χ3v) is 8.31. The lowest BCUT2D eigenvalue weighted by molar-refractivity contribution is -0.116. The van der Waals surface area contributed by atoms with Gasteiger partial charge in [0.25, 0.3) is 0 Å². The van der Waals surface area contributed by atoms with Gasteiger partial charge in [-0.15, -0.1) is 0 Å². The number of methoxy groups -OCH3 is 1. The normalized spacial score (nSPS) is 44.4. The van der Waals surface area contributed by atoms with Gasteiger partial charge in [-0.3, -0.25) is 4.79 Å². The molecule has 0 aromatic rings. The Morgan fingerprint density at radius 2 is 2.08 bits per heavy atom. The number of rotatable bonds is 2. The van der Waals surface area contributed by atoms with Crippen molar-refractivity contribution in [2.45, 2.75) is 71.3 Å². The summed E-state index contributed by atoms with van der Waals surface area (Å²) in [4.78, 5) is 23.7. The average Bonchev–Trinajstić information content (AvgIpc) is 2.96. The van der Waals surface area contributed by atoms with E-state index < -0.39 is 6.16 Å². The fourth-order valence-electron chi connectivity index (χ4n) is 7.11. The maximum atomic E-state index is 11.9. The van der Waals surface area contributed by atoms with E-state index in [0.29, 0.717) is 35.4 Å². The number of hydrogen-bond donors (Lipinski definition) is 0. The van der Waals surface area contributed by atoms with E-state index in [9.17, 15) is 9.59 Å². The van der Waals surface area contributed by atoms with Crippen molar-refractivity contribution in [3.8, 4) is 0 Å². The third-order valence-electron chi connectivity index (χ3n) is 8.31. The van der Waals surface area contributed by atoms with Crippen molar-refractivity contribution >= 4 is 11.9 Å². The zero-order chi connectivity index (χ0) is 18.5. The number of hydrogen-bond acceptors (Lipinski definition) is 4. The first-order valence-corrected chi connectivity index (χ1v) is 10.5. The summed E-state index contributed by atoms with van der Waals surface area (Å²) < 4.78 is 10.5. The van der Waals surface area contributed by atoms with Crippen LogP contribution < -0.4 is 0 Å². The van der Waals surface area contributed by atoms with Gasteiger partial charge in [-0.2, -0.15) is 0 Å². The van der Waals surface area contributed by atoms with Crippen molar-refractivity contribution in [3.05, 3.63) is 11.6 Å². The Bertz CT molecular complexity index is 624. The molecule has 0 radical (unpaired) electrons. The van der Waals surface area contributed by atoms with E-state index in [2.05, 4.69) is 13.8 Å². The molecule has 4 nitrogen and oxygen atoms in total. The van der Waals surface area contributed by atoms with Gasteiger partial charge in [-0.25, -0.2) is 4.79 Å². The van der Waals surface area contributed by atoms with Gasteiger partial charge >= 0.3 is 6.16 Å². The lowest BCUT2D eigenvalue weighted by atomic mass is 9.49. The lowest BCUT2D eigenvalue weighted by Crippen LogP contribution is -2.51. The number of ketones is 1. The first-order chi connectivity index (χ1) is 12.5. The van der Waals surface area contributed by atoms with Crippen LogP contribution in [0, 0.1) is 35.0 Å². The summed E-state index contributed by atoms with van der Waals surface area (Å²) in [5, 5.41) is 0. The molecule has 0 bridgehead atoms. The summed E-state index contributed by atoms with van der Waals surface area (Å²) in [7, 11) is 1.39. The molecule has 3 saturated carbocycles. The Morgan fingerprint density at radius 1 is 1.27 bits per heavy atom. The second-order valence-electron chi connectivity index (χ2n) is 9.23. The van der Waals surface area contributed by atoms with E-state index in [-0.39, 0.29) is 11.5 Å². The van der Waals surface area contributed by atoms with Gasteiger partial charge in [-0.05, 0) is 74.2 Å². The third kappa shape index (κ3) is 2.71. The van der Waals surface area contributed by atoms with Crippen LogP contribution in [0.2, 0.25) is 0 Å². The minimum atomic E-state index is -0.536. The van der Waals surface area contributed by atoms with Crippen molar-refractivity contribution < 1.29 is 19.1 Å². The van der Waals surface area contributed by atoms with Crippen molar-refractivity contribution in [1.82, 2.24) is 0 Å². The fraction of sp³-hybridized carbons (Fsp3) is 0.818. The first kappa shape index (κ1) is 18.1. The van der Waals surface area contributed by atoms with Crippen LogP contribution in [0.3, 0.4) is 0 Å². The molecular weight excluding hydrogens is 328 g/mol. The minimum Gasteiger partial charge on any atom is -0.438 e. The molecule has 0 amide bonds. The topological polar surface area (TPSA) is 52.6 Å². The molecule has 0 aliphatic heterocycles. The molecule has 144 valence electrons. The highest BCUT2D eigenvalue weighted by Gasteiger charge is 2.59. The van der Waals surface area contributed by atoms with Crippen LogP contribution in [0.15, 0.2) is 11.6 Å². The van der Waals surface area contributed by atoms with E-state index in [1.165, 1.54) is 25.5 Å². The van der Waals surface area contributed by atoms with Crippen LogP contribution in [0.4, 0.5) is 4.79 Å². The Hall–Kier alpha value is -1.32. The summed E-state index contributed by atoms with van der Waals surface area (Å²) in [6.07, 6.45) is 9.92. The second-order valence-corrected chi connectivity index (χ2v) is 9.23. The van der Waals surface area contributed by atoms with Crippen LogP contribution in [0.1, 0.15) is 65.2 Å². The largest absolute Gasteiger partial charge is 0.508 e. The first-order valence-electron chi connectivity index (χ1n) is 10.5. The van der Waals surface area contributed by atoms with Gasteiger partial charge in [0, 0.05) is 11.8 Å². The second kappa shape index (κ2) is 6.69. The van der Waals surface area contributed by atoms with Crippen LogP contribution in [0.5, 0.6) is 0 Å². The number of allylic oxidation sites excluding steroid dienone is 1. The summed E-state index contributed by atoms with van der Waals surface area (Å²) in [6.45, 7) is 4.65. The molecule has 4 unspecified atom stereocenters. The maximum absolute atomic E-state index is 11.9. The summed E-state index contributed by atoms with van der Waals surface area (Å²) in [5.41, 5.74) is 1.52. The highest BCUT2D eigenvalue weighted by atomic mass is 16.7. The van der Waals surface area contributed by atoms with E-state index in [0.717, 1.165) is 38.5 Å². The Balaban J connectivity index is 1.62. The highest BCUT2D eigenvalue weighted by molar-refractivity contribution is 5.91. The van der Waals surface area contributed by atoms with E-state index >= 15 is 0 Å². The van der Waals surface area contributed by atoms with Crippen LogP contribution in [0.25, 0.3) is 0 Å². The molecule has 26 heavy (non-hydrogen) atoms. The Labute approximate surface area is 156 Å². The molecule has 3 fully saturated rings. The number of fused-ring (bicyclic) bond motifs is 5. The van der Waals surface area contributed by atoms with Crippen LogP contribution in [-0.2, 0) is 14.3 Å². The number of carbonyl (C=O) groups excluding carboxylic acids is 2. The molecule has 0 aromatic carbocycles. The minimum absolute atomic E-state index is 0.0109. The fourth-order valence-corrected chi connectivity index (χ4v) is 7.11. The van der Waals surface area contributed by atoms with Gasteiger partial charge < -0.3 is 9.47 Å². The monoisotopic (exact) mass is 360 g/mol. The average molecular weight is 360 g/mol. The maximum Gasteiger partial charge on any atom is 0.508 e. The predicted molar refractivity (Wildman–Crippen MR) is 98.5 cm³/mol. The summed E-state index contributed by atoms with van der Waals surface area (Å²) in [6, 6.07) is 0. The molecule has 4 aliphatic rings. The number of ether oxygens (including phenoxy) is 2. The smallest absolute Gasteiger partial charge is 0.438 e. The molecule has 7 atom stereocenters. The van der Waals surface area contributed by atoms with Crippen molar-refractivity contribution in [3.63, 3.8) is 0 Å². The zero-order valence-electron chi connectivity index (χ0n) is 16.3. The summed E-state index contributed by atoms with van der Waals surface area (Å²) >= 11 is 0. The van der Waals surface area contributed by atoms with E-state index in [4.69, 9.17) is 9.47 Å². The van der Waals surface area contributed by atoms with Crippen LogP contribution >= 0.6 is 0 Å². The van der Waals surface area contributed by atoms with E-state index in [1.54, 1.807) is 0 Å². The number of carbonyl (C=O) groups is 2. The van der Waals surface area contributed by atoms with Gasteiger partial charge in [0.05, 0.1) is 7.11 Å². The Morgan fingerprint density at radius 3 is 2.81 bits per heavy atom. The van der Waals surface area contributed by atoms with Crippen molar-refractivity contribution in [2.75, 3.05) is 7.11 Å². The van der Waals surface area contributed by atoms with Gasteiger partial charge in [0.15, 0.2) is 5.78 Å². The SMILES string of the molecule is CC[C@H]1CC2=CC(=O)CCC2C2CC[C@@]3(C)C(CC[C@@H]3OC(=O)OC)C21.